The van der Waals surface area contributed by atoms with Crippen LogP contribution in [0.4, 0.5) is 0 Å². The Balaban J connectivity index is 1.69. The fourth-order valence-corrected chi connectivity index (χ4v) is 7.99. The number of ether oxygens (including phenoxy) is 2. The molecule has 0 amide bonds. The molecule has 0 bridgehead atoms. The fraction of sp³-hybridized carbons (Fsp3) is 1.00. The summed E-state index contributed by atoms with van der Waals surface area (Å²) in [6.45, 7) is 14.1. The predicted molar refractivity (Wildman–Crippen MR) is 104 cm³/mol. The van der Waals surface area contributed by atoms with Gasteiger partial charge in [0.25, 0.3) is 0 Å². The second kappa shape index (κ2) is 5.94. The van der Waals surface area contributed by atoms with Gasteiger partial charge in [0, 0.05) is 6.61 Å². The summed E-state index contributed by atoms with van der Waals surface area (Å²) in [6, 6.07) is 0. The monoisotopic (exact) mass is 364 g/mol. The largest absolute Gasteiger partial charge is 0.396 e. The molecule has 0 radical (unpaired) electrons. The van der Waals surface area contributed by atoms with Crippen LogP contribution < -0.4 is 0 Å². The molecule has 150 valence electrons. The van der Waals surface area contributed by atoms with Gasteiger partial charge in [0.15, 0.2) is 5.79 Å². The van der Waals surface area contributed by atoms with Crippen molar-refractivity contribution in [2.75, 3.05) is 6.61 Å². The van der Waals surface area contributed by atoms with E-state index in [4.69, 9.17) is 9.47 Å². The Bertz CT molecular complexity index is 558. The maximum Gasteiger partial charge on any atom is 0.164 e. The number of aliphatic hydroxyl groups excluding tert-OH is 1. The van der Waals surface area contributed by atoms with Gasteiger partial charge in [0.2, 0.25) is 0 Å². The Morgan fingerprint density at radius 2 is 1.73 bits per heavy atom. The Hall–Kier alpha value is -0.120. The first-order valence-electron chi connectivity index (χ1n) is 11.1. The van der Waals surface area contributed by atoms with E-state index in [2.05, 4.69) is 41.5 Å². The molecule has 3 heteroatoms. The standard InChI is InChI=1S/C23H40O3/c1-15(2)23-13-10-17-16(19(23)25-20(3,4)26-23)8-9-18-21(5,14-24)11-7-12-22(17,18)6/h15-19,24H,7-14H2,1-6H3/t16?,17-,18-,19-,21-,22+,23-/m0/s1. The minimum absolute atomic E-state index is 0.108. The second-order valence-electron chi connectivity index (χ2n) is 11.3. The molecule has 3 saturated carbocycles. The lowest BCUT2D eigenvalue weighted by Gasteiger charge is -2.63. The van der Waals surface area contributed by atoms with Crippen molar-refractivity contribution in [3.8, 4) is 0 Å². The summed E-state index contributed by atoms with van der Waals surface area (Å²) in [7, 11) is 0. The molecule has 3 aliphatic carbocycles. The summed E-state index contributed by atoms with van der Waals surface area (Å²) in [4.78, 5) is 0. The van der Waals surface area contributed by atoms with Gasteiger partial charge < -0.3 is 14.6 Å². The van der Waals surface area contributed by atoms with Crippen molar-refractivity contribution in [2.45, 2.75) is 104 Å². The summed E-state index contributed by atoms with van der Waals surface area (Å²) in [5.41, 5.74) is 0.345. The van der Waals surface area contributed by atoms with E-state index in [0.717, 1.165) is 6.42 Å². The molecule has 7 atom stereocenters. The van der Waals surface area contributed by atoms with Crippen LogP contribution in [0.25, 0.3) is 0 Å². The predicted octanol–water partition coefficient (Wildman–Crippen LogP) is 5.16. The third kappa shape index (κ3) is 2.49. The first-order valence-corrected chi connectivity index (χ1v) is 11.1. The van der Waals surface area contributed by atoms with Crippen molar-refractivity contribution in [3.63, 3.8) is 0 Å². The van der Waals surface area contributed by atoms with E-state index >= 15 is 0 Å². The SMILES string of the molecule is CC(C)[C@@]12CC[C@H]3C(CC[C@H]4[C@](C)(CO)CCC[C@]34C)[C@@H]1OC(C)(C)O2. The zero-order valence-corrected chi connectivity index (χ0v) is 17.8. The molecule has 0 spiro atoms. The van der Waals surface area contributed by atoms with Crippen LogP contribution >= 0.6 is 0 Å². The van der Waals surface area contributed by atoms with Crippen LogP contribution in [-0.4, -0.2) is 29.2 Å². The topological polar surface area (TPSA) is 38.7 Å². The Labute approximate surface area is 160 Å². The van der Waals surface area contributed by atoms with Crippen LogP contribution in [-0.2, 0) is 9.47 Å². The average molecular weight is 365 g/mol. The number of hydrogen-bond donors (Lipinski definition) is 1. The molecule has 0 aromatic rings. The van der Waals surface area contributed by atoms with Crippen LogP contribution in [0.1, 0.15) is 86.5 Å². The zero-order chi connectivity index (χ0) is 19.0. The lowest BCUT2D eigenvalue weighted by Crippen LogP contribution is -2.61. The molecule has 4 aliphatic rings. The van der Waals surface area contributed by atoms with E-state index in [9.17, 15) is 5.11 Å². The van der Waals surface area contributed by atoms with E-state index in [-0.39, 0.29) is 17.1 Å². The third-order valence-electron chi connectivity index (χ3n) is 9.15. The molecule has 0 aromatic carbocycles. The average Bonchev–Trinajstić information content (AvgIpc) is 2.86. The van der Waals surface area contributed by atoms with E-state index in [1.807, 2.05) is 0 Å². The van der Waals surface area contributed by atoms with Crippen molar-refractivity contribution in [1.29, 1.82) is 0 Å². The van der Waals surface area contributed by atoms with Gasteiger partial charge in [0.1, 0.15) is 5.60 Å². The summed E-state index contributed by atoms with van der Waals surface area (Å²) in [6.07, 6.45) is 8.85. The quantitative estimate of drug-likeness (QED) is 0.736. The summed E-state index contributed by atoms with van der Waals surface area (Å²) in [5, 5.41) is 10.2. The molecule has 1 aliphatic heterocycles. The third-order valence-corrected chi connectivity index (χ3v) is 9.15. The highest BCUT2D eigenvalue weighted by Crippen LogP contribution is 2.66. The molecule has 26 heavy (non-hydrogen) atoms. The first kappa shape index (κ1) is 19.2. The maximum absolute atomic E-state index is 10.2. The minimum atomic E-state index is -0.465. The number of rotatable bonds is 2. The van der Waals surface area contributed by atoms with Gasteiger partial charge in [-0.3, -0.25) is 0 Å². The lowest BCUT2D eigenvalue weighted by molar-refractivity contribution is -0.179. The highest BCUT2D eigenvalue weighted by molar-refractivity contribution is 5.13. The van der Waals surface area contributed by atoms with Gasteiger partial charge in [-0.2, -0.15) is 0 Å². The fourth-order valence-electron chi connectivity index (χ4n) is 7.99. The number of hydrogen-bond acceptors (Lipinski definition) is 3. The molecular weight excluding hydrogens is 324 g/mol. The van der Waals surface area contributed by atoms with E-state index < -0.39 is 5.79 Å². The van der Waals surface area contributed by atoms with Gasteiger partial charge in [-0.15, -0.1) is 0 Å². The zero-order valence-electron chi connectivity index (χ0n) is 17.8. The van der Waals surface area contributed by atoms with Gasteiger partial charge in [-0.05, 0) is 86.9 Å². The van der Waals surface area contributed by atoms with Crippen molar-refractivity contribution in [1.82, 2.24) is 0 Å². The molecule has 1 N–H and O–H groups in total. The van der Waals surface area contributed by atoms with Crippen LogP contribution in [0.15, 0.2) is 0 Å². The number of aliphatic hydroxyl groups is 1. The Morgan fingerprint density at radius 3 is 2.38 bits per heavy atom. The highest BCUT2D eigenvalue weighted by atomic mass is 16.8. The second-order valence-corrected chi connectivity index (χ2v) is 11.3. The molecular formula is C23H40O3. The van der Waals surface area contributed by atoms with Crippen molar-refractivity contribution < 1.29 is 14.6 Å². The molecule has 4 rings (SSSR count). The van der Waals surface area contributed by atoms with Crippen molar-refractivity contribution >= 4 is 0 Å². The highest BCUT2D eigenvalue weighted by Gasteiger charge is 2.66. The molecule has 1 saturated heterocycles. The normalized spacial score (nSPS) is 53.1. The van der Waals surface area contributed by atoms with Crippen LogP contribution in [0.3, 0.4) is 0 Å². The van der Waals surface area contributed by atoms with Gasteiger partial charge in [-0.25, -0.2) is 0 Å². The molecule has 3 nitrogen and oxygen atoms in total. The smallest absolute Gasteiger partial charge is 0.164 e. The van der Waals surface area contributed by atoms with Gasteiger partial charge >= 0.3 is 0 Å². The maximum atomic E-state index is 10.2. The molecule has 0 aromatic heterocycles. The molecule has 1 unspecified atom stereocenters. The minimum Gasteiger partial charge on any atom is -0.396 e. The first-order chi connectivity index (χ1) is 12.1. The summed E-state index contributed by atoms with van der Waals surface area (Å²) < 4.78 is 13.2. The van der Waals surface area contributed by atoms with Gasteiger partial charge in [0.05, 0.1) is 6.10 Å². The van der Waals surface area contributed by atoms with Crippen LogP contribution in [0, 0.1) is 34.5 Å². The van der Waals surface area contributed by atoms with Gasteiger partial charge in [-0.1, -0.05) is 34.1 Å². The Morgan fingerprint density at radius 1 is 1.00 bits per heavy atom. The number of fused-ring (bicyclic) bond motifs is 5. The lowest BCUT2D eigenvalue weighted by atomic mass is 9.43. The molecule has 1 heterocycles. The van der Waals surface area contributed by atoms with Crippen LogP contribution in [0.2, 0.25) is 0 Å². The molecule has 4 fully saturated rings. The van der Waals surface area contributed by atoms with Crippen LogP contribution in [0.5, 0.6) is 0 Å². The summed E-state index contributed by atoms with van der Waals surface area (Å²) >= 11 is 0. The summed E-state index contributed by atoms with van der Waals surface area (Å²) in [5.74, 6) is 1.98. The van der Waals surface area contributed by atoms with E-state index in [0.29, 0.717) is 35.7 Å². The van der Waals surface area contributed by atoms with E-state index in [1.165, 1.54) is 38.5 Å². The van der Waals surface area contributed by atoms with Crippen molar-refractivity contribution in [3.05, 3.63) is 0 Å². The van der Waals surface area contributed by atoms with Crippen molar-refractivity contribution in [2.24, 2.45) is 34.5 Å². The Kier molecular flexibility index (Phi) is 4.39. The van der Waals surface area contributed by atoms with E-state index in [1.54, 1.807) is 0 Å².